The highest BCUT2D eigenvalue weighted by Crippen LogP contribution is 2.34. The Morgan fingerprint density at radius 3 is 2.08 bits per heavy atom. The number of esters is 1. The molecule has 1 aromatic carbocycles. The summed E-state index contributed by atoms with van der Waals surface area (Å²) in [4.78, 5) is 26.4. The van der Waals surface area contributed by atoms with Gasteiger partial charge in [0, 0.05) is 25.2 Å². The minimum Gasteiger partial charge on any atom is -0.496 e. The van der Waals surface area contributed by atoms with E-state index in [9.17, 15) is 9.59 Å². The molecule has 1 aliphatic heterocycles. The molecule has 0 aromatic heterocycles. The van der Waals surface area contributed by atoms with Gasteiger partial charge < -0.3 is 28.6 Å². The Kier molecular flexibility index (Phi) is 6.68. The molecule has 0 spiro atoms. The Morgan fingerprint density at radius 2 is 1.54 bits per heavy atom. The van der Waals surface area contributed by atoms with Gasteiger partial charge in [0.2, 0.25) is 0 Å². The van der Waals surface area contributed by atoms with Gasteiger partial charge in [0.25, 0.3) is 5.91 Å². The van der Waals surface area contributed by atoms with Crippen molar-refractivity contribution in [3.63, 3.8) is 0 Å². The molecule has 1 amide bonds. The van der Waals surface area contributed by atoms with Crippen LogP contribution in [0.5, 0.6) is 17.2 Å². The van der Waals surface area contributed by atoms with Crippen LogP contribution in [0.3, 0.4) is 0 Å². The largest absolute Gasteiger partial charge is 0.496 e. The summed E-state index contributed by atoms with van der Waals surface area (Å²) in [5.41, 5.74) is 0.154. The molecule has 2 rings (SSSR count). The van der Waals surface area contributed by atoms with Crippen molar-refractivity contribution in [2.75, 3.05) is 41.0 Å². The molecule has 1 fully saturated rings. The van der Waals surface area contributed by atoms with Crippen LogP contribution >= 0.6 is 0 Å². The zero-order valence-electron chi connectivity index (χ0n) is 15.7. The van der Waals surface area contributed by atoms with Crippen molar-refractivity contribution in [3.05, 3.63) is 17.7 Å². The third-order valence-electron chi connectivity index (χ3n) is 4.02. The third-order valence-corrected chi connectivity index (χ3v) is 4.02. The van der Waals surface area contributed by atoms with Crippen molar-refractivity contribution in [2.24, 2.45) is 0 Å². The zero-order chi connectivity index (χ0) is 19.3. The van der Waals surface area contributed by atoms with Crippen molar-refractivity contribution in [3.8, 4) is 17.2 Å². The molecule has 0 bridgehead atoms. The number of carbonyl (C=O) groups excluding carboxylic acids is 2. The molecule has 0 saturated carbocycles. The fourth-order valence-electron chi connectivity index (χ4n) is 2.87. The second kappa shape index (κ2) is 8.75. The molecule has 0 unspecified atom stereocenters. The molecule has 1 saturated heterocycles. The fraction of sp³-hybridized carbons (Fsp3) is 0.556. The van der Waals surface area contributed by atoms with Gasteiger partial charge in [0.05, 0.1) is 33.5 Å². The number of benzene rings is 1. The maximum atomic E-state index is 12.4. The van der Waals surface area contributed by atoms with Crippen molar-refractivity contribution in [2.45, 2.75) is 26.1 Å². The lowest BCUT2D eigenvalue weighted by atomic mass is 10.1. The Labute approximate surface area is 152 Å². The SMILES string of the molecule is COc1cc(OC)c(C(=O)OCC(=O)N2C[C@@H](C)O[C@H](C)C2)cc1OC. The smallest absolute Gasteiger partial charge is 0.342 e. The lowest BCUT2D eigenvalue weighted by Gasteiger charge is -2.35. The van der Waals surface area contributed by atoms with Crippen LogP contribution in [0.25, 0.3) is 0 Å². The van der Waals surface area contributed by atoms with Crippen molar-refractivity contribution < 1.29 is 33.3 Å². The van der Waals surface area contributed by atoms with Gasteiger partial charge in [-0.1, -0.05) is 0 Å². The number of hydrogen-bond acceptors (Lipinski definition) is 7. The van der Waals surface area contributed by atoms with Crippen LogP contribution in [0.4, 0.5) is 0 Å². The molecule has 2 atom stereocenters. The third kappa shape index (κ3) is 4.57. The Hall–Kier alpha value is -2.48. The van der Waals surface area contributed by atoms with E-state index in [4.69, 9.17) is 23.7 Å². The lowest BCUT2D eigenvalue weighted by molar-refractivity contribution is -0.146. The quantitative estimate of drug-likeness (QED) is 0.705. The number of ether oxygens (including phenoxy) is 5. The van der Waals surface area contributed by atoms with Gasteiger partial charge in [-0.25, -0.2) is 4.79 Å². The van der Waals surface area contributed by atoms with Crippen LogP contribution in [0.2, 0.25) is 0 Å². The van der Waals surface area contributed by atoms with E-state index in [-0.39, 0.29) is 36.0 Å². The van der Waals surface area contributed by atoms with Crippen molar-refractivity contribution in [1.82, 2.24) is 4.90 Å². The highest BCUT2D eigenvalue weighted by molar-refractivity contribution is 5.95. The van der Waals surface area contributed by atoms with E-state index in [2.05, 4.69) is 0 Å². The van der Waals surface area contributed by atoms with Crippen molar-refractivity contribution in [1.29, 1.82) is 0 Å². The first-order valence-corrected chi connectivity index (χ1v) is 8.30. The standard InChI is InChI=1S/C18H25NO7/c1-11-8-19(9-12(2)26-11)17(20)10-25-18(21)13-6-15(23-4)16(24-5)7-14(13)22-3/h6-7,11-12H,8-10H2,1-5H3/t11-,12-/m1/s1. The number of hydrogen-bond donors (Lipinski definition) is 0. The number of rotatable bonds is 6. The fourth-order valence-corrected chi connectivity index (χ4v) is 2.87. The summed E-state index contributed by atoms with van der Waals surface area (Å²) in [6, 6.07) is 2.99. The second-order valence-electron chi connectivity index (χ2n) is 6.04. The van der Waals surface area contributed by atoms with Gasteiger partial charge in [0.1, 0.15) is 11.3 Å². The summed E-state index contributed by atoms with van der Waals surface area (Å²) < 4.78 is 26.4. The van der Waals surface area contributed by atoms with Gasteiger partial charge in [-0.15, -0.1) is 0 Å². The Morgan fingerprint density at radius 1 is 1.00 bits per heavy atom. The molecule has 0 aliphatic carbocycles. The minimum absolute atomic E-state index is 0.0515. The minimum atomic E-state index is -0.675. The first-order chi connectivity index (χ1) is 12.4. The zero-order valence-corrected chi connectivity index (χ0v) is 15.7. The van der Waals surface area contributed by atoms with E-state index < -0.39 is 5.97 Å². The Bertz CT molecular complexity index is 651. The summed E-state index contributed by atoms with van der Waals surface area (Å²) in [5.74, 6) is 0.120. The van der Waals surface area contributed by atoms with Crippen LogP contribution < -0.4 is 14.2 Å². The van der Waals surface area contributed by atoms with Crippen LogP contribution in [-0.2, 0) is 14.3 Å². The summed E-state index contributed by atoms with van der Waals surface area (Å²) in [6.45, 7) is 4.39. The maximum absolute atomic E-state index is 12.4. The summed E-state index contributed by atoms with van der Waals surface area (Å²) in [6.07, 6.45) is -0.103. The molecule has 144 valence electrons. The van der Waals surface area contributed by atoms with Crippen LogP contribution in [0.15, 0.2) is 12.1 Å². The van der Waals surface area contributed by atoms with Crippen molar-refractivity contribution >= 4 is 11.9 Å². The van der Waals surface area contributed by atoms with E-state index in [0.29, 0.717) is 24.6 Å². The van der Waals surface area contributed by atoms with E-state index in [1.165, 1.54) is 33.5 Å². The first-order valence-electron chi connectivity index (χ1n) is 8.30. The van der Waals surface area contributed by atoms with E-state index in [1.54, 1.807) is 4.90 Å². The molecule has 1 aromatic rings. The normalized spacial score (nSPS) is 19.7. The van der Waals surface area contributed by atoms with Crippen LogP contribution in [0.1, 0.15) is 24.2 Å². The highest BCUT2D eigenvalue weighted by atomic mass is 16.5. The predicted molar refractivity (Wildman–Crippen MR) is 93.0 cm³/mol. The number of carbonyl (C=O) groups is 2. The Balaban J connectivity index is 2.06. The molecule has 26 heavy (non-hydrogen) atoms. The average molecular weight is 367 g/mol. The van der Waals surface area contributed by atoms with Gasteiger partial charge in [0.15, 0.2) is 18.1 Å². The molecule has 1 heterocycles. The first kappa shape index (κ1) is 19.8. The van der Waals surface area contributed by atoms with Gasteiger partial charge in [-0.05, 0) is 13.8 Å². The topological polar surface area (TPSA) is 83.5 Å². The maximum Gasteiger partial charge on any atom is 0.342 e. The molecule has 1 aliphatic rings. The number of morpholine rings is 1. The number of amides is 1. The van der Waals surface area contributed by atoms with Crippen LogP contribution in [0, 0.1) is 0 Å². The predicted octanol–water partition coefficient (Wildman–Crippen LogP) is 1.50. The lowest BCUT2D eigenvalue weighted by Crippen LogP contribution is -2.49. The monoisotopic (exact) mass is 367 g/mol. The van der Waals surface area contributed by atoms with E-state index in [0.717, 1.165) is 0 Å². The molecular weight excluding hydrogens is 342 g/mol. The van der Waals surface area contributed by atoms with Gasteiger partial charge >= 0.3 is 5.97 Å². The van der Waals surface area contributed by atoms with Crippen LogP contribution in [-0.4, -0.2) is 70.0 Å². The van der Waals surface area contributed by atoms with Gasteiger partial charge in [-0.2, -0.15) is 0 Å². The molecule has 8 nitrogen and oxygen atoms in total. The summed E-state index contributed by atoms with van der Waals surface area (Å²) in [5, 5.41) is 0. The summed E-state index contributed by atoms with van der Waals surface area (Å²) >= 11 is 0. The second-order valence-corrected chi connectivity index (χ2v) is 6.04. The highest BCUT2D eigenvalue weighted by Gasteiger charge is 2.27. The summed E-state index contributed by atoms with van der Waals surface area (Å²) in [7, 11) is 4.38. The molecular formula is C18H25NO7. The van der Waals surface area contributed by atoms with Gasteiger partial charge in [-0.3, -0.25) is 4.79 Å². The molecule has 0 radical (unpaired) electrons. The average Bonchev–Trinajstić information content (AvgIpc) is 2.63. The molecule has 0 N–H and O–H groups in total. The van der Waals surface area contributed by atoms with E-state index >= 15 is 0 Å². The number of nitrogens with zero attached hydrogens (tertiary/aromatic N) is 1. The molecule has 8 heteroatoms. The van der Waals surface area contributed by atoms with E-state index in [1.807, 2.05) is 13.8 Å². The number of methoxy groups -OCH3 is 3.